The molecule has 1 aromatic carbocycles. The first-order valence-corrected chi connectivity index (χ1v) is 4.65. The molecule has 1 aromatic rings. The topological polar surface area (TPSA) is 32.3 Å². The minimum atomic E-state index is 0.306. The van der Waals surface area contributed by atoms with Crippen molar-refractivity contribution in [2.24, 2.45) is 5.92 Å². The second-order valence-electron chi connectivity index (χ2n) is 3.73. The molecule has 0 aliphatic carbocycles. The zero-order chi connectivity index (χ0) is 9.84. The summed E-state index contributed by atoms with van der Waals surface area (Å²) >= 11 is 0. The van der Waals surface area contributed by atoms with Gasteiger partial charge < -0.3 is 10.4 Å². The van der Waals surface area contributed by atoms with Crippen LogP contribution in [0.15, 0.2) is 24.3 Å². The van der Waals surface area contributed by atoms with E-state index in [1.807, 2.05) is 12.1 Å². The van der Waals surface area contributed by atoms with Crippen LogP contribution < -0.4 is 5.32 Å². The number of phenols is 1. The lowest BCUT2D eigenvalue weighted by atomic mass is 10.1. The van der Waals surface area contributed by atoms with Gasteiger partial charge in [0.2, 0.25) is 0 Å². The number of nitrogens with one attached hydrogen (secondary N) is 1. The van der Waals surface area contributed by atoms with Crippen molar-refractivity contribution in [1.29, 1.82) is 0 Å². The van der Waals surface area contributed by atoms with Gasteiger partial charge in [0.25, 0.3) is 0 Å². The van der Waals surface area contributed by atoms with E-state index in [-0.39, 0.29) is 0 Å². The highest BCUT2D eigenvalue weighted by molar-refractivity contribution is 5.48. The highest BCUT2D eigenvalue weighted by atomic mass is 16.3. The van der Waals surface area contributed by atoms with E-state index in [0.717, 1.165) is 5.69 Å². The molecule has 2 nitrogen and oxygen atoms in total. The zero-order valence-corrected chi connectivity index (χ0v) is 8.41. The molecule has 1 rings (SSSR count). The smallest absolute Gasteiger partial charge is 0.117 e. The summed E-state index contributed by atoms with van der Waals surface area (Å²) in [4.78, 5) is 0. The van der Waals surface area contributed by atoms with Gasteiger partial charge >= 0.3 is 0 Å². The Morgan fingerprint density at radius 3 is 2.46 bits per heavy atom. The van der Waals surface area contributed by atoms with Gasteiger partial charge in [0, 0.05) is 17.8 Å². The quantitative estimate of drug-likeness (QED) is 0.747. The molecule has 2 N–H and O–H groups in total. The molecular formula is C11H17NO. The molecule has 0 heterocycles. The second-order valence-corrected chi connectivity index (χ2v) is 3.73. The van der Waals surface area contributed by atoms with Gasteiger partial charge in [-0.3, -0.25) is 0 Å². The number of hydrogen-bond acceptors (Lipinski definition) is 2. The van der Waals surface area contributed by atoms with Crippen LogP contribution in [-0.4, -0.2) is 11.1 Å². The molecule has 1 unspecified atom stereocenters. The number of rotatable bonds is 3. The number of anilines is 1. The van der Waals surface area contributed by atoms with Crippen LogP contribution in [0, 0.1) is 5.92 Å². The van der Waals surface area contributed by atoms with E-state index in [4.69, 9.17) is 0 Å². The van der Waals surface area contributed by atoms with Crippen molar-refractivity contribution in [2.75, 3.05) is 5.32 Å². The molecule has 0 spiro atoms. The van der Waals surface area contributed by atoms with E-state index in [0.29, 0.717) is 17.7 Å². The van der Waals surface area contributed by atoms with E-state index in [9.17, 15) is 5.11 Å². The number of benzene rings is 1. The van der Waals surface area contributed by atoms with Crippen molar-refractivity contribution in [3.63, 3.8) is 0 Å². The van der Waals surface area contributed by atoms with Crippen LogP contribution in [0.1, 0.15) is 20.8 Å². The summed E-state index contributed by atoms with van der Waals surface area (Å²) in [6, 6.07) is 7.62. The van der Waals surface area contributed by atoms with Crippen molar-refractivity contribution < 1.29 is 5.11 Å². The van der Waals surface area contributed by atoms with E-state index < -0.39 is 0 Å². The lowest BCUT2D eigenvalue weighted by Crippen LogP contribution is -2.21. The molecule has 0 radical (unpaired) electrons. The minimum Gasteiger partial charge on any atom is -0.508 e. The van der Waals surface area contributed by atoms with Crippen LogP contribution in [0.4, 0.5) is 5.69 Å². The normalized spacial score (nSPS) is 12.9. The first-order chi connectivity index (χ1) is 6.09. The summed E-state index contributed by atoms with van der Waals surface area (Å²) in [6.45, 7) is 6.47. The van der Waals surface area contributed by atoms with Crippen LogP contribution in [0.3, 0.4) is 0 Å². The molecule has 0 fully saturated rings. The number of phenolic OH excluding ortho intramolecular Hbond substituents is 1. The molecule has 0 saturated carbocycles. The van der Waals surface area contributed by atoms with Gasteiger partial charge in [-0.25, -0.2) is 0 Å². The maximum Gasteiger partial charge on any atom is 0.117 e. The third-order valence-corrected chi connectivity index (χ3v) is 2.24. The molecule has 2 heteroatoms. The molecule has 0 amide bonds. The van der Waals surface area contributed by atoms with Gasteiger partial charge in [-0.2, -0.15) is 0 Å². The first kappa shape index (κ1) is 9.90. The Balaban J connectivity index is 2.64. The van der Waals surface area contributed by atoms with Gasteiger partial charge in [-0.1, -0.05) is 19.9 Å². The van der Waals surface area contributed by atoms with Crippen LogP contribution in [0.2, 0.25) is 0 Å². The molecule has 0 bridgehead atoms. The third kappa shape index (κ3) is 2.98. The Hall–Kier alpha value is -1.18. The average molecular weight is 179 g/mol. The van der Waals surface area contributed by atoms with Gasteiger partial charge in [0.1, 0.15) is 5.75 Å². The summed E-state index contributed by atoms with van der Waals surface area (Å²) in [5.41, 5.74) is 0.973. The molecule has 0 aliphatic rings. The molecule has 72 valence electrons. The Labute approximate surface area is 79.6 Å². The molecule has 1 atom stereocenters. The minimum absolute atomic E-state index is 0.306. The van der Waals surface area contributed by atoms with Crippen LogP contribution in [-0.2, 0) is 0 Å². The van der Waals surface area contributed by atoms with Crippen molar-refractivity contribution in [1.82, 2.24) is 0 Å². The molecule has 13 heavy (non-hydrogen) atoms. The SMILES string of the molecule is CC(C)C(C)Nc1cccc(O)c1. The predicted molar refractivity (Wildman–Crippen MR) is 56.0 cm³/mol. The van der Waals surface area contributed by atoms with Crippen LogP contribution >= 0.6 is 0 Å². The Morgan fingerprint density at radius 1 is 1.23 bits per heavy atom. The summed E-state index contributed by atoms with van der Waals surface area (Å²) in [5, 5.41) is 12.5. The summed E-state index contributed by atoms with van der Waals surface area (Å²) < 4.78 is 0. The van der Waals surface area contributed by atoms with Gasteiger partial charge in [-0.15, -0.1) is 0 Å². The molecule has 0 aromatic heterocycles. The van der Waals surface area contributed by atoms with Gasteiger partial charge in [0.15, 0.2) is 0 Å². The van der Waals surface area contributed by atoms with Crippen LogP contribution in [0.25, 0.3) is 0 Å². The van der Waals surface area contributed by atoms with E-state index in [1.54, 1.807) is 12.1 Å². The monoisotopic (exact) mass is 179 g/mol. The maximum atomic E-state index is 9.22. The average Bonchev–Trinajstić information content (AvgIpc) is 2.04. The van der Waals surface area contributed by atoms with E-state index >= 15 is 0 Å². The summed E-state index contributed by atoms with van der Waals surface area (Å²) in [5.74, 6) is 0.892. The summed E-state index contributed by atoms with van der Waals surface area (Å²) in [6.07, 6.45) is 0. The maximum absolute atomic E-state index is 9.22. The van der Waals surface area contributed by atoms with Crippen molar-refractivity contribution >= 4 is 5.69 Å². The number of hydrogen-bond donors (Lipinski definition) is 2. The molecule has 0 aliphatic heterocycles. The summed E-state index contributed by atoms with van der Waals surface area (Å²) in [7, 11) is 0. The van der Waals surface area contributed by atoms with E-state index in [1.165, 1.54) is 0 Å². The lowest BCUT2D eigenvalue weighted by Gasteiger charge is -2.18. The Morgan fingerprint density at radius 2 is 1.92 bits per heavy atom. The van der Waals surface area contributed by atoms with Crippen molar-refractivity contribution in [2.45, 2.75) is 26.8 Å². The highest BCUT2D eigenvalue weighted by Gasteiger charge is 2.05. The molecule has 0 saturated heterocycles. The Kier molecular flexibility index (Phi) is 3.18. The fourth-order valence-electron chi connectivity index (χ4n) is 1.03. The Bertz CT molecular complexity index is 271. The van der Waals surface area contributed by atoms with Gasteiger partial charge in [-0.05, 0) is 25.0 Å². The van der Waals surface area contributed by atoms with Crippen molar-refractivity contribution in [3.8, 4) is 5.75 Å². The fourth-order valence-corrected chi connectivity index (χ4v) is 1.03. The van der Waals surface area contributed by atoms with E-state index in [2.05, 4.69) is 26.1 Å². The fraction of sp³-hybridized carbons (Fsp3) is 0.455. The first-order valence-electron chi connectivity index (χ1n) is 4.65. The molecular weight excluding hydrogens is 162 g/mol. The number of aromatic hydroxyl groups is 1. The highest BCUT2D eigenvalue weighted by Crippen LogP contribution is 2.17. The zero-order valence-electron chi connectivity index (χ0n) is 8.41. The predicted octanol–water partition coefficient (Wildman–Crippen LogP) is 2.85. The lowest BCUT2D eigenvalue weighted by molar-refractivity contribution is 0.475. The third-order valence-electron chi connectivity index (χ3n) is 2.24. The largest absolute Gasteiger partial charge is 0.508 e. The van der Waals surface area contributed by atoms with Crippen LogP contribution in [0.5, 0.6) is 5.75 Å². The van der Waals surface area contributed by atoms with Crippen molar-refractivity contribution in [3.05, 3.63) is 24.3 Å². The second kappa shape index (κ2) is 4.17. The standard InChI is InChI=1S/C11H17NO/c1-8(2)9(3)12-10-5-4-6-11(13)7-10/h4-9,12-13H,1-3H3. The van der Waals surface area contributed by atoms with Gasteiger partial charge in [0.05, 0.1) is 0 Å².